The van der Waals surface area contributed by atoms with Gasteiger partial charge in [0.05, 0.1) is 0 Å². The summed E-state index contributed by atoms with van der Waals surface area (Å²) in [5.41, 5.74) is 1.04. The molecule has 0 N–H and O–H groups in total. The zero-order valence-electron chi connectivity index (χ0n) is 9.12. The van der Waals surface area contributed by atoms with Crippen molar-refractivity contribution in [3.63, 3.8) is 0 Å². The summed E-state index contributed by atoms with van der Waals surface area (Å²) >= 11 is 0. The first-order valence-electron chi connectivity index (χ1n) is 4.71. The molecule has 0 aromatic heterocycles. The third kappa shape index (κ3) is 12.7. The lowest BCUT2D eigenvalue weighted by Crippen LogP contribution is -2.09. The maximum absolute atomic E-state index is 2.32. The number of hydrogen-bond acceptors (Lipinski definition) is 0. The molecule has 0 fully saturated rings. The standard InChI is InChI=1S/C11H24.CH4/c1-10(2,3)8-7-9-11(4,5)6;/h7-9H2,1-6H3;1H4. The molecule has 0 heteroatoms. The van der Waals surface area contributed by atoms with Gasteiger partial charge in [-0.1, -0.05) is 55.4 Å². The van der Waals surface area contributed by atoms with Crippen molar-refractivity contribution in [2.24, 2.45) is 10.8 Å². The molecular formula is C12H28. The monoisotopic (exact) mass is 172 g/mol. The van der Waals surface area contributed by atoms with E-state index in [1.54, 1.807) is 0 Å². The van der Waals surface area contributed by atoms with Crippen molar-refractivity contribution in [2.45, 2.75) is 68.2 Å². The van der Waals surface area contributed by atoms with Gasteiger partial charge in [-0.05, 0) is 23.7 Å². The normalized spacial score (nSPS) is 12.5. The molecular weight excluding hydrogens is 144 g/mol. The van der Waals surface area contributed by atoms with E-state index in [-0.39, 0.29) is 7.43 Å². The van der Waals surface area contributed by atoms with Crippen molar-refractivity contribution in [3.05, 3.63) is 0 Å². The summed E-state index contributed by atoms with van der Waals surface area (Å²) in [5.74, 6) is 0. The van der Waals surface area contributed by atoms with Crippen LogP contribution in [0.15, 0.2) is 0 Å². The molecule has 76 valence electrons. The van der Waals surface area contributed by atoms with Crippen LogP contribution >= 0.6 is 0 Å². The molecule has 0 radical (unpaired) electrons. The molecule has 0 heterocycles. The molecule has 0 saturated carbocycles. The minimum atomic E-state index is 0. The van der Waals surface area contributed by atoms with Crippen LogP contribution in [0.5, 0.6) is 0 Å². The van der Waals surface area contributed by atoms with Crippen molar-refractivity contribution < 1.29 is 0 Å². The van der Waals surface area contributed by atoms with Crippen molar-refractivity contribution >= 4 is 0 Å². The molecule has 0 bridgehead atoms. The van der Waals surface area contributed by atoms with E-state index in [2.05, 4.69) is 41.5 Å². The second kappa shape index (κ2) is 4.89. The Morgan fingerprint density at radius 3 is 1.08 bits per heavy atom. The fraction of sp³-hybridized carbons (Fsp3) is 1.00. The number of hydrogen-bond donors (Lipinski definition) is 0. The fourth-order valence-corrected chi connectivity index (χ4v) is 1.15. The Morgan fingerprint density at radius 1 is 0.667 bits per heavy atom. The lowest BCUT2D eigenvalue weighted by atomic mass is 9.84. The van der Waals surface area contributed by atoms with E-state index in [0.29, 0.717) is 10.8 Å². The van der Waals surface area contributed by atoms with Gasteiger partial charge in [-0.3, -0.25) is 0 Å². The van der Waals surface area contributed by atoms with Gasteiger partial charge in [-0.15, -0.1) is 0 Å². The van der Waals surface area contributed by atoms with Crippen LogP contribution in [0.2, 0.25) is 0 Å². The van der Waals surface area contributed by atoms with E-state index in [1.165, 1.54) is 19.3 Å². The Kier molecular flexibility index (Phi) is 5.92. The number of rotatable bonds is 2. The van der Waals surface area contributed by atoms with Crippen LogP contribution in [-0.4, -0.2) is 0 Å². The van der Waals surface area contributed by atoms with Crippen molar-refractivity contribution in [3.8, 4) is 0 Å². The van der Waals surface area contributed by atoms with E-state index in [9.17, 15) is 0 Å². The summed E-state index contributed by atoms with van der Waals surface area (Å²) in [6, 6.07) is 0. The molecule has 0 aliphatic rings. The second-order valence-corrected chi connectivity index (χ2v) is 5.97. The Morgan fingerprint density at radius 2 is 0.917 bits per heavy atom. The molecule has 0 spiro atoms. The highest BCUT2D eigenvalue weighted by Crippen LogP contribution is 2.27. The summed E-state index contributed by atoms with van der Waals surface area (Å²) in [5, 5.41) is 0. The Balaban J connectivity index is 0. The van der Waals surface area contributed by atoms with Gasteiger partial charge in [0.25, 0.3) is 0 Å². The van der Waals surface area contributed by atoms with Crippen LogP contribution in [-0.2, 0) is 0 Å². The first-order chi connectivity index (χ1) is 4.71. The maximum atomic E-state index is 2.32. The van der Waals surface area contributed by atoms with Crippen molar-refractivity contribution in [2.75, 3.05) is 0 Å². The van der Waals surface area contributed by atoms with E-state index >= 15 is 0 Å². The van der Waals surface area contributed by atoms with E-state index in [1.807, 2.05) is 0 Å². The molecule has 0 atom stereocenters. The Hall–Kier alpha value is 0. The van der Waals surface area contributed by atoms with Crippen LogP contribution < -0.4 is 0 Å². The molecule has 0 aliphatic carbocycles. The van der Waals surface area contributed by atoms with Crippen LogP contribution in [0.3, 0.4) is 0 Å². The highest BCUT2D eigenvalue weighted by Gasteiger charge is 2.13. The summed E-state index contributed by atoms with van der Waals surface area (Å²) < 4.78 is 0. The van der Waals surface area contributed by atoms with Crippen molar-refractivity contribution in [1.29, 1.82) is 0 Å². The average molecular weight is 172 g/mol. The second-order valence-electron chi connectivity index (χ2n) is 5.97. The zero-order valence-corrected chi connectivity index (χ0v) is 9.12. The first kappa shape index (κ1) is 14.5. The van der Waals surface area contributed by atoms with E-state index in [0.717, 1.165) is 0 Å². The zero-order chi connectivity index (χ0) is 9.12. The molecule has 0 nitrogen and oxygen atoms in total. The topological polar surface area (TPSA) is 0 Å². The van der Waals surface area contributed by atoms with Gasteiger partial charge < -0.3 is 0 Å². The predicted octanol–water partition coefficient (Wildman–Crippen LogP) is 4.89. The van der Waals surface area contributed by atoms with Gasteiger partial charge in [-0.25, -0.2) is 0 Å². The van der Waals surface area contributed by atoms with E-state index < -0.39 is 0 Å². The Labute approximate surface area is 79.8 Å². The van der Waals surface area contributed by atoms with Gasteiger partial charge in [0, 0.05) is 0 Å². The molecule has 0 aromatic carbocycles. The van der Waals surface area contributed by atoms with Gasteiger partial charge in [0.1, 0.15) is 0 Å². The van der Waals surface area contributed by atoms with Gasteiger partial charge in [0.15, 0.2) is 0 Å². The maximum Gasteiger partial charge on any atom is -0.0383 e. The van der Waals surface area contributed by atoms with Gasteiger partial charge >= 0.3 is 0 Å². The fourth-order valence-electron chi connectivity index (χ4n) is 1.15. The lowest BCUT2D eigenvalue weighted by molar-refractivity contribution is 0.301. The van der Waals surface area contributed by atoms with Crippen LogP contribution in [0, 0.1) is 10.8 Å². The average Bonchev–Trinajstić information content (AvgIpc) is 1.55. The molecule has 0 amide bonds. The molecule has 0 aromatic rings. The van der Waals surface area contributed by atoms with E-state index in [4.69, 9.17) is 0 Å². The van der Waals surface area contributed by atoms with Crippen molar-refractivity contribution in [1.82, 2.24) is 0 Å². The summed E-state index contributed by atoms with van der Waals surface area (Å²) in [6.45, 7) is 13.9. The lowest BCUT2D eigenvalue weighted by Gasteiger charge is -2.22. The molecule has 0 rings (SSSR count). The third-order valence-corrected chi connectivity index (χ3v) is 1.85. The smallest absolute Gasteiger partial charge is 0.0383 e. The largest absolute Gasteiger partial charge is 0.0776 e. The quantitative estimate of drug-likeness (QED) is 0.556. The molecule has 12 heavy (non-hydrogen) atoms. The highest BCUT2D eigenvalue weighted by molar-refractivity contribution is 4.66. The Bertz CT molecular complexity index is 84.2. The third-order valence-electron chi connectivity index (χ3n) is 1.85. The highest BCUT2D eigenvalue weighted by atomic mass is 14.2. The van der Waals surface area contributed by atoms with Crippen LogP contribution in [0.4, 0.5) is 0 Å². The van der Waals surface area contributed by atoms with Gasteiger partial charge in [-0.2, -0.15) is 0 Å². The minimum absolute atomic E-state index is 0. The molecule has 0 saturated heterocycles. The van der Waals surface area contributed by atoms with Crippen LogP contribution in [0.1, 0.15) is 68.2 Å². The summed E-state index contributed by atoms with van der Waals surface area (Å²) in [6.07, 6.45) is 4.07. The summed E-state index contributed by atoms with van der Waals surface area (Å²) in [4.78, 5) is 0. The van der Waals surface area contributed by atoms with Crippen LogP contribution in [0.25, 0.3) is 0 Å². The predicted molar refractivity (Wildman–Crippen MR) is 59.5 cm³/mol. The van der Waals surface area contributed by atoms with Gasteiger partial charge in [0.2, 0.25) is 0 Å². The molecule has 0 aliphatic heterocycles. The first-order valence-corrected chi connectivity index (χ1v) is 4.71. The summed E-state index contributed by atoms with van der Waals surface area (Å²) in [7, 11) is 0. The molecule has 0 unspecified atom stereocenters. The SMILES string of the molecule is C.CC(C)(C)CCCC(C)(C)C. The minimum Gasteiger partial charge on any atom is -0.0776 e.